The number of furan rings is 2. The van der Waals surface area contributed by atoms with Gasteiger partial charge in [0, 0.05) is 45.3 Å². The van der Waals surface area contributed by atoms with Gasteiger partial charge in [0.2, 0.25) is 0 Å². The van der Waals surface area contributed by atoms with Gasteiger partial charge in [-0.3, -0.25) is 4.98 Å². The minimum absolute atomic E-state index is 0.844. The average Bonchev–Trinajstić information content (AvgIpc) is 3.62. The molecule has 0 aliphatic rings. The van der Waals surface area contributed by atoms with Gasteiger partial charge in [-0.05, 0) is 83.2 Å². The van der Waals surface area contributed by atoms with E-state index in [1.54, 1.807) is 0 Å². The maximum absolute atomic E-state index is 6.45. The zero-order valence-electron chi connectivity index (χ0n) is 23.1. The molecule has 0 N–H and O–H groups in total. The van der Waals surface area contributed by atoms with Crippen molar-refractivity contribution in [3.8, 4) is 11.1 Å². The van der Waals surface area contributed by atoms with E-state index in [2.05, 4.69) is 113 Å². The van der Waals surface area contributed by atoms with Gasteiger partial charge >= 0.3 is 0 Å². The summed E-state index contributed by atoms with van der Waals surface area (Å²) in [5.41, 5.74) is 8.95. The van der Waals surface area contributed by atoms with Crippen LogP contribution in [-0.2, 0) is 0 Å². The highest BCUT2D eigenvalue weighted by Crippen LogP contribution is 2.45. The van der Waals surface area contributed by atoms with Gasteiger partial charge in [0.25, 0.3) is 0 Å². The molecule has 0 fully saturated rings. The van der Waals surface area contributed by atoms with Crippen LogP contribution >= 0.6 is 0 Å². The van der Waals surface area contributed by atoms with Gasteiger partial charge in [-0.2, -0.15) is 0 Å². The fourth-order valence-electron chi connectivity index (χ4n) is 6.29. The van der Waals surface area contributed by atoms with E-state index in [1.807, 2.05) is 42.7 Å². The van der Waals surface area contributed by atoms with Crippen molar-refractivity contribution in [1.29, 1.82) is 0 Å². The molecule has 0 saturated carbocycles. The van der Waals surface area contributed by atoms with Gasteiger partial charge < -0.3 is 13.7 Å². The Balaban J connectivity index is 1.31. The summed E-state index contributed by atoms with van der Waals surface area (Å²) in [6.45, 7) is 0. The van der Waals surface area contributed by atoms with Gasteiger partial charge in [-0.25, -0.2) is 0 Å². The molecule has 0 bridgehead atoms. The maximum atomic E-state index is 6.45. The second-order valence-corrected chi connectivity index (χ2v) is 10.9. The maximum Gasteiger partial charge on any atom is 0.137 e. The summed E-state index contributed by atoms with van der Waals surface area (Å²) >= 11 is 0. The van der Waals surface area contributed by atoms with Crippen LogP contribution in [0.4, 0.5) is 17.1 Å². The van der Waals surface area contributed by atoms with Crippen LogP contribution in [0.2, 0.25) is 0 Å². The van der Waals surface area contributed by atoms with E-state index in [1.165, 1.54) is 11.1 Å². The van der Waals surface area contributed by atoms with Crippen LogP contribution in [-0.4, -0.2) is 4.98 Å². The van der Waals surface area contributed by atoms with Crippen LogP contribution in [0, 0.1) is 0 Å². The number of para-hydroxylation sites is 1. The minimum atomic E-state index is 0.844. The van der Waals surface area contributed by atoms with Gasteiger partial charge in [0.1, 0.15) is 22.3 Å². The first-order valence-electron chi connectivity index (χ1n) is 14.4. The lowest BCUT2D eigenvalue weighted by Crippen LogP contribution is -2.10. The topological polar surface area (TPSA) is 42.4 Å². The third-order valence-corrected chi connectivity index (χ3v) is 8.32. The van der Waals surface area contributed by atoms with Gasteiger partial charge in [-0.15, -0.1) is 0 Å². The molecule has 4 heteroatoms. The molecule has 43 heavy (non-hydrogen) atoms. The number of hydrogen-bond acceptors (Lipinski definition) is 4. The number of hydrogen-bond donors (Lipinski definition) is 0. The van der Waals surface area contributed by atoms with Gasteiger partial charge in [0.05, 0.1) is 11.1 Å². The standard InChI is InChI=1S/C39H24N2O2/c1-2-7-25(8-3-1)26-13-15-29(16-14-26)41(30-17-18-36-32(23-30)31-9-4-5-11-35(31)42-36)34-10-6-12-37-39(34)33-21-28-24-40-20-19-27(28)22-38(33)43-37/h1-24H. The van der Waals surface area contributed by atoms with E-state index in [0.29, 0.717) is 0 Å². The van der Waals surface area contributed by atoms with Crippen LogP contribution in [0.1, 0.15) is 0 Å². The lowest BCUT2D eigenvalue weighted by molar-refractivity contribution is 0.668. The van der Waals surface area contributed by atoms with Crippen molar-refractivity contribution < 1.29 is 8.83 Å². The molecule has 0 aliphatic carbocycles. The van der Waals surface area contributed by atoms with E-state index in [4.69, 9.17) is 8.83 Å². The van der Waals surface area contributed by atoms with Crippen LogP contribution < -0.4 is 4.90 Å². The Morgan fingerprint density at radius 1 is 0.465 bits per heavy atom. The second kappa shape index (κ2) is 9.33. The Kier molecular flexibility index (Phi) is 5.16. The quantitative estimate of drug-likeness (QED) is 0.218. The predicted molar refractivity (Wildman–Crippen MR) is 176 cm³/mol. The molecule has 6 aromatic carbocycles. The van der Waals surface area contributed by atoms with Crippen molar-refractivity contribution in [2.24, 2.45) is 0 Å². The lowest BCUT2D eigenvalue weighted by atomic mass is 10.0. The minimum Gasteiger partial charge on any atom is -0.456 e. The van der Waals surface area contributed by atoms with Crippen LogP contribution in [0.5, 0.6) is 0 Å². The first kappa shape index (κ1) is 23.8. The largest absolute Gasteiger partial charge is 0.456 e. The number of fused-ring (bicyclic) bond motifs is 7. The number of nitrogens with zero attached hydrogens (tertiary/aromatic N) is 2. The highest BCUT2D eigenvalue weighted by atomic mass is 16.3. The van der Waals surface area contributed by atoms with E-state index in [-0.39, 0.29) is 0 Å². The van der Waals surface area contributed by atoms with E-state index in [0.717, 1.165) is 71.7 Å². The number of pyridine rings is 1. The smallest absolute Gasteiger partial charge is 0.137 e. The van der Waals surface area contributed by atoms with Crippen LogP contribution in [0.15, 0.2) is 155 Å². The Morgan fingerprint density at radius 3 is 2.12 bits per heavy atom. The summed E-state index contributed by atoms with van der Waals surface area (Å²) in [5, 5.41) is 6.50. The summed E-state index contributed by atoms with van der Waals surface area (Å²) < 4.78 is 12.6. The predicted octanol–water partition coefficient (Wildman–Crippen LogP) is 11.2. The average molecular weight is 553 g/mol. The summed E-state index contributed by atoms with van der Waals surface area (Å²) in [6.07, 6.45) is 3.73. The van der Waals surface area contributed by atoms with Gasteiger partial charge in [0.15, 0.2) is 0 Å². The molecule has 202 valence electrons. The van der Waals surface area contributed by atoms with E-state index >= 15 is 0 Å². The Labute approximate surface area is 247 Å². The zero-order valence-corrected chi connectivity index (χ0v) is 23.1. The highest BCUT2D eigenvalue weighted by molar-refractivity contribution is 6.16. The molecule has 0 spiro atoms. The van der Waals surface area contributed by atoms with Crippen molar-refractivity contribution in [2.75, 3.05) is 4.90 Å². The lowest BCUT2D eigenvalue weighted by Gasteiger charge is -2.26. The Morgan fingerprint density at radius 2 is 1.21 bits per heavy atom. The third-order valence-electron chi connectivity index (χ3n) is 8.32. The number of rotatable bonds is 4. The number of aromatic nitrogens is 1. The second-order valence-electron chi connectivity index (χ2n) is 10.9. The fourth-order valence-corrected chi connectivity index (χ4v) is 6.29. The highest BCUT2D eigenvalue weighted by Gasteiger charge is 2.21. The van der Waals surface area contributed by atoms with E-state index in [9.17, 15) is 0 Å². The van der Waals surface area contributed by atoms with Gasteiger partial charge in [-0.1, -0.05) is 66.7 Å². The molecule has 0 saturated heterocycles. The molecule has 9 aromatic rings. The third kappa shape index (κ3) is 3.81. The Bertz CT molecular complexity index is 2450. The number of benzene rings is 6. The molecule has 3 heterocycles. The summed E-state index contributed by atoms with van der Waals surface area (Å²) in [5.74, 6) is 0. The monoisotopic (exact) mass is 552 g/mol. The molecular formula is C39H24N2O2. The summed E-state index contributed by atoms with van der Waals surface area (Å²) in [4.78, 5) is 6.69. The van der Waals surface area contributed by atoms with Crippen molar-refractivity contribution in [1.82, 2.24) is 4.98 Å². The first-order chi connectivity index (χ1) is 21.3. The molecular weight excluding hydrogens is 528 g/mol. The van der Waals surface area contributed by atoms with Crippen molar-refractivity contribution >= 4 is 71.7 Å². The normalized spacial score (nSPS) is 11.7. The Hall–Kier alpha value is -5.87. The summed E-state index contributed by atoms with van der Waals surface area (Å²) in [6, 6.07) is 46.5. The molecule has 4 nitrogen and oxygen atoms in total. The summed E-state index contributed by atoms with van der Waals surface area (Å²) in [7, 11) is 0. The fraction of sp³-hybridized carbons (Fsp3) is 0. The molecule has 0 unspecified atom stereocenters. The van der Waals surface area contributed by atoms with Crippen LogP contribution in [0.25, 0.3) is 65.8 Å². The van der Waals surface area contributed by atoms with E-state index < -0.39 is 0 Å². The molecule has 0 radical (unpaired) electrons. The molecule has 9 rings (SSSR count). The molecule has 0 atom stereocenters. The van der Waals surface area contributed by atoms with Crippen molar-refractivity contribution in [2.45, 2.75) is 0 Å². The van der Waals surface area contributed by atoms with Crippen LogP contribution in [0.3, 0.4) is 0 Å². The first-order valence-corrected chi connectivity index (χ1v) is 14.4. The zero-order chi connectivity index (χ0) is 28.3. The van der Waals surface area contributed by atoms with Crippen molar-refractivity contribution in [3.05, 3.63) is 146 Å². The SMILES string of the molecule is c1ccc(-c2ccc(N(c3ccc4oc5ccccc5c4c3)c3cccc4oc5cc6ccncc6cc5c34)cc2)cc1. The number of anilines is 3. The van der Waals surface area contributed by atoms with Crippen molar-refractivity contribution in [3.63, 3.8) is 0 Å². The molecule has 3 aromatic heterocycles. The molecule has 0 amide bonds. The molecule has 0 aliphatic heterocycles.